The molecule has 8 nitrogen and oxygen atoms in total. The summed E-state index contributed by atoms with van der Waals surface area (Å²) in [5.74, 6) is 0.968. The average Bonchev–Trinajstić information content (AvgIpc) is 3.17. The standard InChI is InChI=1S/C22H28N6O2S.2H2/c1-5-31(29,30)28-10-8-14(9-11-28)18-13-24-20(23)19(25-18)21-26-16-7-6-15(22(2,3)4)12-17(16)27-21;;/h6-8,12-13H,5,9-11H2,1-4H3,(H2,23,24)(H,26,27);2*1H. The third-order valence-electron chi connectivity index (χ3n) is 5.63. The molecule has 168 valence electrons. The molecule has 0 saturated carbocycles. The highest BCUT2D eigenvalue weighted by Gasteiger charge is 2.24. The maximum absolute atomic E-state index is 12.1. The highest BCUT2D eigenvalue weighted by atomic mass is 32.2. The summed E-state index contributed by atoms with van der Waals surface area (Å²) in [5.41, 5.74) is 11.3. The highest BCUT2D eigenvalue weighted by Crippen LogP contribution is 2.29. The van der Waals surface area contributed by atoms with Gasteiger partial charge >= 0.3 is 0 Å². The van der Waals surface area contributed by atoms with Crippen molar-refractivity contribution in [2.45, 2.75) is 39.5 Å². The molecule has 3 aromatic rings. The van der Waals surface area contributed by atoms with Crippen molar-refractivity contribution >= 4 is 32.4 Å². The lowest BCUT2D eigenvalue weighted by molar-refractivity contribution is 0.442. The van der Waals surface area contributed by atoms with Crippen LogP contribution in [0.15, 0.2) is 30.5 Å². The minimum Gasteiger partial charge on any atom is -0.382 e. The van der Waals surface area contributed by atoms with Crippen molar-refractivity contribution in [1.82, 2.24) is 24.2 Å². The molecule has 0 atom stereocenters. The van der Waals surface area contributed by atoms with Crippen molar-refractivity contribution in [2.24, 2.45) is 0 Å². The van der Waals surface area contributed by atoms with Crippen molar-refractivity contribution in [3.05, 3.63) is 41.7 Å². The smallest absolute Gasteiger partial charge is 0.214 e. The van der Waals surface area contributed by atoms with Crippen LogP contribution in [0.25, 0.3) is 28.1 Å². The number of nitrogen functional groups attached to an aromatic ring is 1. The Bertz CT molecular complexity index is 1280. The number of hydrogen-bond acceptors (Lipinski definition) is 6. The molecule has 2 aromatic heterocycles. The summed E-state index contributed by atoms with van der Waals surface area (Å²) in [6, 6.07) is 6.18. The lowest BCUT2D eigenvalue weighted by Crippen LogP contribution is -2.35. The van der Waals surface area contributed by atoms with Crippen LogP contribution in [0.2, 0.25) is 0 Å². The minimum atomic E-state index is -3.20. The second-order valence-electron chi connectivity index (χ2n) is 8.79. The number of anilines is 1. The topological polar surface area (TPSA) is 118 Å². The van der Waals surface area contributed by atoms with Crippen molar-refractivity contribution in [1.29, 1.82) is 0 Å². The van der Waals surface area contributed by atoms with Crippen LogP contribution in [0.5, 0.6) is 0 Å². The van der Waals surface area contributed by atoms with E-state index in [1.165, 1.54) is 9.87 Å². The van der Waals surface area contributed by atoms with Gasteiger partial charge in [-0.2, -0.15) is 4.31 Å². The summed E-state index contributed by atoms with van der Waals surface area (Å²) in [7, 11) is -3.20. The van der Waals surface area contributed by atoms with Gasteiger partial charge in [0.2, 0.25) is 10.0 Å². The van der Waals surface area contributed by atoms with Crippen LogP contribution in [0, 0.1) is 0 Å². The number of H-pyrrole nitrogens is 1. The fraction of sp³-hybridized carbons (Fsp3) is 0.409. The van der Waals surface area contributed by atoms with Crippen LogP contribution in [0.4, 0.5) is 5.82 Å². The minimum absolute atomic E-state index is 0. The van der Waals surface area contributed by atoms with Gasteiger partial charge in [-0.25, -0.2) is 23.4 Å². The summed E-state index contributed by atoms with van der Waals surface area (Å²) in [5, 5.41) is 0. The largest absolute Gasteiger partial charge is 0.382 e. The maximum Gasteiger partial charge on any atom is 0.214 e. The van der Waals surface area contributed by atoms with E-state index in [9.17, 15) is 8.42 Å². The first-order valence-corrected chi connectivity index (χ1v) is 12.0. The van der Waals surface area contributed by atoms with Crippen LogP contribution < -0.4 is 5.73 Å². The number of aromatic nitrogens is 4. The molecular formula is C22H32N6O2S. The van der Waals surface area contributed by atoms with E-state index in [4.69, 9.17) is 10.7 Å². The molecule has 0 spiro atoms. The Morgan fingerprint density at radius 3 is 2.68 bits per heavy atom. The Kier molecular flexibility index (Phi) is 5.35. The van der Waals surface area contributed by atoms with Crippen molar-refractivity contribution in [3.8, 4) is 11.5 Å². The zero-order valence-corrected chi connectivity index (χ0v) is 19.1. The van der Waals surface area contributed by atoms with Crippen LogP contribution >= 0.6 is 0 Å². The van der Waals surface area contributed by atoms with Gasteiger partial charge in [-0.15, -0.1) is 0 Å². The Morgan fingerprint density at radius 2 is 2.03 bits per heavy atom. The first-order chi connectivity index (χ1) is 14.6. The van der Waals surface area contributed by atoms with Gasteiger partial charge in [-0.3, -0.25) is 0 Å². The van der Waals surface area contributed by atoms with Crippen molar-refractivity contribution < 1.29 is 11.3 Å². The van der Waals surface area contributed by atoms with Crippen LogP contribution in [-0.4, -0.2) is 51.5 Å². The number of nitrogens with one attached hydrogen (secondary N) is 1. The molecule has 0 saturated heterocycles. The predicted octanol–water partition coefficient (Wildman–Crippen LogP) is 3.83. The molecule has 0 fully saturated rings. The van der Waals surface area contributed by atoms with E-state index in [1.807, 2.05) is 12.1 Å². The van der Waals surface area contributed by atoms with Gasteiger partial charge in [0.1, 0.15) is 5.69 Å². The quantitative estimate of drug-likeness (QED) is 0.631. The summed E-state index contributed by atoms with van der Waals surface area (Å²) in [6.07, 6.45) is 4.11. The van der Waals surface area contributed by atoms with E-state index in [0.717, 1.165) is 16.6 Å². The Morgan fingerprint density at radius 1 is 1.26 bits per heavy atom. The first-order valence-electron chi connectivity index (χ1n) is 10.4. The van der Waals surface area contributed by atoms with E-state index in [2.05, 4.69) is 47.9 Å². The fourth-order valence-electron chi connectivity index (χ4n) is 3.63. The van der Waals surface area contributed by atoms with Gasteiger partial charge in [0, 0.05) is 15.9 Å². The van der Waals surface area contributed by atoms with Gasteiger partial charge in [0.25, 0.3) is 0 Å². The number of benzene rings is 1. The SMILES string of the molecule is CCS(=O)(=O)N1CC=C(c2cnc(N)c(-c3nc4ccc(C(C)(C)C)cc4[nH]3)n2)CC1.[HH].[HH]. The zero-order chi connectivity index (χ0) is 22.4. The number of rotatable bonds is 4. The monoisotopic (exact) mass is 444 g/mol. The predicted molar refractivity (Wildman–Crippen MR) is 128 cm³/mol. The Balaban J connectivity index is 0.00000193. The van der Waals surface area contributed by atoms with Crippen molar-refractivity contribution in [3.63, 3.8) is 0 Å². The van der Waals surface area contributed by atoms with Crippen LogP contribution in [0.3, 0.4) is 0 Å². The fourth-order valence-corrected chi connectivity index (χ4v) is 4.67. The molecule has 1 aromatic carbocycles. The molecule has 1 aliphatic heterocycles. The Labute approximate surface area is 185 Å². The zero-order valence-electron chi connectivity index (χ0n) is 18.3. The van der Waals surface area contributed by atoms with Crippen molar-refractivity contribution in [2.75, 3.05) is 24.6 Å². The molecule has 0 bridgehead atoms. The highest BCUT2D eigenvalue weighted by molar-refractivity contribution is 7.89. The van der Waals surface area contributed by atoms with E-state index in [1.54, 1.807) is 13.1 Å². The normalized spacial score (nSPS) is 15.9. The average molecular weight is 445 g/mol. The number of hydrogen-bond donors (Lipinski definition) is 2. The van der Waals surface area contributed by atoms with E-state index in [-0.39, 0.29) is 14.0 Å². The lowest BCUT2D eigenvalue weighted by atomic mass is 9.87. The number of fused-ring (bicyclic) bond motifs is 1. The molecule has 0 aliphatic carbocycles. The third kappa shape index (κ3) is 4.20. The van der Waals surface area contributed by atoms with E-state index >= 15 is 0 Å². The number of aromatic amines is 1. The molecule has 4 rings (SSSR count). The number of sulfonamides is 1. The van der Waals surface area contributed by atoms with Gasteiger partial charge in [-0.1, -0.05) is 32.9 Å². The van der Waals surface area contributed by atoms with Gasteiger partial charge < -0.3 is 10.7 Å². The Hall–Kier alpha value is -2.78. The number of nitrogens with two attached hydrogens (primary N) is 1. The number of nitrogens with zero attached hydrogens (tertiary/aromatic N) is 4. The van der Waals surface area contributed by atoms with Gasteiger partial charge in [-0.05, 0) is 42.0 Å². The van der Waals surface area contributed by atoms with Gasteiger partial charge in [0.15, 0.2) is 11.6 Å². The summed E-state index contributed by atoms with van der Waals surface area (Å²) in [4.78, 5) is 17.0. The molecular weight excluding hydrogens is 412 g/mol. The molecule has 3 N–H and O–H groups in total. The molecule has 3 heterocycles. The molecule has 1 aliphatic rings. The van der Waals surface area contributed by atoms with Gasteiger partial charge in [0.05, 0.1) is 28.7 Å². The molecule has 0 amide bonds. The van der Waals surface area contributed by atoms with Crippen LogP contribution in [0.1, 0.15) is 48.2 Å². The summed E-state index contributed by atoms with van der Waals surface area (Å²) >= 11 is 0. The second-order valence-corrected chi connectivity index (χ2v) is 11.1. The molecule has 0 radical (unpaired) electrons. The molecule has 9 heteroatoms. The first kappa shape index (κ1) is 21.5. The maximum atomic E-state index is 12.1. The molecule has 31 heavy (non-hydrogen) atoms. The molecule has 0 unspecified atom stereocenters. The summed E-state index contributed by atoms with van der Waals surface area (Å²) in [6.45, 7) is 8.94. The van der Waals surface area contributed by atoms with Crippen LogP contribution in [-0.2, 0) is 15.4 Å². The second kappa shape index (κ2) is 7.72. The van der Waals surface area contributed by atoms with E-state index < -0.39 is 10.0 Å². The lowest BCUT2D eigenvalue weighted by Gasteiger charge is -2.25. The van der Waals surface area contributed by atoms with E-state index in [0.29, 0.717) is 42.5 Å². The summed E-state index contributed by atoms with van der Waals surface area (Å²) < 4.78 is 25.7. The third-order valence-corrected chi connectivity index (χ3v) is 7.48. The number of imidazole rings is 1.